The van der Waals surface area contributed by atoms with Crippen LogP contribution in [0.15, 0.2) is 24.3 Å². The first-order valence-corrected chi connectivity index (χ1v) is 6.05. The Morgan fingerprint density at radius 1 is 1.43 bits per heavy atom. The van der Waals surface area contributed by atoms with Gasteiger partial charge in [-0.3, -0.25) is 0 Å². The smallest absolute Gasteiger partial charge is 0.0932 e. The molecule has 0 bridgehead atoms. The SMILES string of the molecule is OC(c1ccc(Cl)s1)C1CC=CCC1. The van der Waals surface area contributed by atoms with Crippen molar-refractivity contribution in [2.75, 3.05) is 0 Å². The molecule has 2 unspecified atom stereocenters. The third-order valence-corrected chi connectivity index (χ3v) is 3.94. The highest BCUT2D eigenvalue weighted by atomic mass is 35.5. The van der Waals surface area contributed by atoms with Gasteiger partial charge in [-0.1, -0.05) is 23.8 Å². The highest BCUT2D eigenvalue weighted by Gasteiger charge is 2.22. The zero-order valence-electron chi connectivity index (χ0n) is 7.82. The summed E-state index contributed by atoms with van der Waals surface area (Å²) in [5, 5.41) is 10.1. The normalized spacial score (nSPS) is 23.7. The third kappa shape index (κ3) is 2.19. The Kier molecular flexibility index (Phi) is 3.26. The molecule has 0 saturated heterocycles. The fraction of sp³-hybridized carbons (Fsp3) is 0.455. The quantitative estimate of drug-likeness (QED) is 0.764. The summed E-state index contributed by atoms with van der Waals surface area (Å²) in [6, 6.07) is 3.78. The van der Waals surface area contributed by atoms with Crippen molar-refractivity contribution in [3.8, 4) is 0 Å². The summed E-state index contributed by atoms with van der Waals surface area (Å²) in [6.45, 7) is 0. The van der Waals surface area contributed by atoms with Crippen LogP contribution >= 0.6 is 22.9 Å². The van der Waals surface area contributed by atoms with Crippen LogP contribution in [0, 0.1) is 5.92 Å². The summed E-state index contributed by atoms with van der Waals surface area (Å²) in [5.41, 5.74) is 0. The zero-order chi connectivity index (χ0) is 9.97. The van der Waals surface area contributed by atoms with Gasteiger partial charge in [-0.15, -0.1) is 11.3 Å². The lowest BCUT2D eigenvalue weighted by Gasteiger charge is -2.22. The van der Waals surface area contributed by atoms with Crippen LogP contribution < -0.4 is 0 Å². The van der Waals surface area contributed by atoms with Crippen molar-refractivity contribution >= 4 is 22.9 Å². The van der Waals surface area contributed by atoms with Crippen molar-refractivity contribution in [2.24, 2.45) is 5.92 Å². The summed E-state index contributed by atoms with van der Waals surface area (Å²) in [5.74, 6) is 0.370. The van der Waals surface area contributed by atoms with E-state index in [-0.39, 0.29) is 6.10 Å². The third-order valence-electron chi connectivity index (χ3n) is 2.64. The van der Waals surface area contributed by atoms with Gasteiger partial charge in [0.2, 0.25) is 0 Å². The molecule has 0 amide bonds. The molecule has 1 heterocycles. The Morgan fingerprint density at radius 2 is 2.29 bits per heavy atom. The highest BCUT2D eigenvalue weighted by Crippen LogP contribution is 2.36. The maximum Gasteiger partial charge on any atom is 0.0932 e. The molecule has 0 fully saturated rings. The molecule has 0 radical (unpaired) electrons. The number of hydrogen-bond donors (Lipinski definition) is 1. The second-order valence-corrected chi connectivity index (χ2v) is 5.38. The van der Waals surface area contributed by atoms with E-state index in [1.807, 2.05) is 12.1 Å². The van der Waals surface area contributed by atoms with Crippen molar-refractivity contribution in [2.45, 2.75) is 25.4 Å². The van der Waals surface area contributed by atoms with Crippen LogP contribution in [0.2, 0.25) is 4.34 Å². The first-order valence-electron chi connectivity index (χ1n) is 4.85. The van der Waals surface area contributed by atoms with E-state index < -0.39 is 0 Å². The molecule has 1 aromatic heterocycles. The second kappa shape index (κ2) is 4.47. The van der Waals surface area contributed by atoms with Gasteiger partial charge < -0.3 is 5.11 Å². The molecule has 2 atom stereocenters. The van der Waals surface area contributed by atoms with Gasteiger partial charge in [-0.05, 0) is 37.3 Å². The first-order chi connectivity index (χ1) is 6.77. The molecule has 1 nitrogen and oxygen atoms in total. The Bertz CT molecular complexity index is 332. The van der Waals surface area contributed by atoms with Crippen LogP contribution in [0.25, 0.3) is 0 Å². The van der Waals surface area contributed by atoms with E-state index in [2.05, 4.69) is 12.2 Å². The van der Waals surface area contributed by atoms with Crippen molar-refractivity contribution < 1.29 is 5.11 Å². The highest BCUT2D eigenvalue weighted by molar-refractivity contribution is 7.16. The standard InChI is InChI=1S/C11H13ClOS/c12-10-7-6-9(14-10)11(13)8-4-2-1-3-5-8/h1-2,6-8,11,13H,3-5H2. The molecule has 14 heavy (non-hydrogen) atoms. The van der Waals surface area contributed by atoms with Gasteiger partial charge in [0.1, 0.15) is 0 Å². The predicted octanol–water partition coefficient (Wildman–Crippen LogP) is 3.79. The van der Waals surface area contributed by atoms with E-state index in [9.17, 15) is 5.11 Å². The molecule has 1 aliphatic carbocycles. The Morgan fingerprint density at radius 3 is 2.86 bits per heavy atom. The molecule has 3 heteroatoms. The van der Waals surface area contributed by atoms with Crippen LogP contribution in [-0.2, 0) is 0 Å². The monoisotopic (exact) mass is 228 g/mol. The summed E-state index contributed by atoms with van der Waals surface area (Å²) < 4.78 is 0.755. The van der Waals surface area contributed by atoms with Gasteiger partial charge in [0.15, 0.2) is 0 Å². The number of halogens is 1. The molecule has 0 aromatic carbocycles. The van der Waals surface area contributed by atoms with Crippen molar-refractivity contribution in [1.29, 1.82) is 0 Å². The largest absolute Gasteiger partial charge is 0.387 e. The lowest BCUT2D eigenvalue weighted by molar-refractivity contribution is 0.106. The van der Waals surface area contributed by atoms with Gasteiger partial charge in [-0.2, -0.15) is 0 Å². The Hall–Kier alpha value is -0.310. The fourth-order valence-corrected chi connectivity index (χ4v) is 2.96. The number of rotatable bonds is 2. The van der Waals surface area contributed by atoms with Crippen LogP contribution in [0.5, 0.6) is 0 Å². The molecule has 76 valence electrons. The van der Waals surface area contributed by atoms with Crippen LogP contribution in [0.1, 0.15) is 30.2 Å². The van der Waals surface area contributed by atoms with E-state index in [0.717, 1.165) is 28.5 Å². The Balaban J connectivity index is 2.07. The molecular weight excluding hydrogens is 216 g/mol. The van der Waals surface area contributed by atoms with Gasteiger partial charge in [-0.25, -0.2) is 0 Å². The van der Waals surface area contributed by atoms with E-state index in [1.54, 1.807) is 0 Å². The maximum absolute atomic E-state index is 10.1. The van der Waals surface area contributed by atoms with E-state index in [0.29, 0.717) is 5.92 Å². The summed E-state index contributed by atoms with van der Waals surface area (Å²) >= 11 is 7.32. The molecule has 0 aliphatic heterocycles. The van der Waals surface area contributed by atoms with Crippen molar-refractivity contribution in [3.05, 3.63) is 33.5 Å². The average molecular weight is 229 g/mol. The van der Waals surface area contributed by atoms with Gasteiger partial charge in [0.25, 0.3) is 0 Å². The number of aliphatic hydroxyl groups is 1. The number of thiophene rings is 1. The van der Waals surface area contributed by atoms with Crippen molar-refractivity contribution in [1.82, 2.24) is 0 Å². The minimum absolute atomic E-state index is 0.336. The molecule has 1 aliphatic rings. The van der Waals surface area contributed by atoms with Gasteiger partial charge in [0.05, 0.1) is 10.4 Å². The van der Waals surface area contributed by atoms with Crippen LogP contribution in [0.4, 0.5) is 0 Å². The summed E-state index contributed by atoms with van der Waals surface area (Å²) in [6.07, 6.45) is 7.15. The van der Waals surface area contributed by atoms with E-state index in [1.165, 1.54) is 11.3 Å². The zero-order valence-corrected chi connectivity index (χ0v) is 9.39. The Labute approximate surface area is 93.0 Å². The molecule has 0 saturated carbocycles. The maximum atomic E-state index is 10.1. The number of allylic oxidation sites excluding steroid dienone is 2. The molecule has 2 rings (SSSR count). The van der Waals surface area contributed by atoms with Gasteiger partial charge >= 0.3 is 0 Å². The minimum atomic E-state index is -0.336. The van der Waals surface area contributed by atoms with E-state index >= 15 is 0 Å². The lowest BCUT2D eigenvalue weighted by Crippen LogP contribution is -2.12. The summed E-state index contributed by atoms with van der Waals surface area (Å²) in [7, 11) is 0. The number of aliphatic hydroxyl groups excluding tert-OH is 1. The van der Waals surface area contributed by atoms with Crippen molar-refractivity contribution in [3.63, 3.8) is 0 Å². The molecular formula is C11H13ClOS. The predicted molar refractivity (Wildman–Crippen MR) is 60.8 cm³/mol. The second-order valence-electron chi connectivity index (χ2n) is 3.63. The minimum Gasteiger partial charge on any atom is -0.387 e. The topological polar surface area (TPSA) is 20.2 Å². The van der Waals surface area contributed by atoms with Gasteiger partial charge in [0, 0.05) is 4.88 Å². The average Bonchev–Trinajstić information content (AvgIpc) is 2.65. The van der Waals surface area contributed by atoms with E-state index in [4.69, 9.17) is 11.6 Å². The molecule has 1 aromatic rings. The molecule has 0 spiro atoms. The van der Waals surface area contributed by atoms with Crippen LogP contribution in [0.3, 0.4) is 0 Å². The fourth-order valence-electron chi connectivity index (χ4n) is 1.82. The lowest BCUT2D eigenvalue weighted by atomic mass is 9.89. The number of hydrogen-bond acceptors (Lipinski definition) is 2. The van der Waals surface area contributed by atoms with Crippen LogP contribution in [-0.4, -0.2) is 5.11 Å². The summed E-state index contributed by atoms with van der Waals surface area (Å²) in [4.78, 5) is 0.996. The first kappa shape index (κ1) is 10.2. The molecule has 1 N–H and O–H groups in total.